The van der Waals surface area contributed by atoms with Gasteiger partial charge in [-0.1, -0.05) is 0 Å². The largest absolute Gasteiger partial charge is 0.394 e. The maximum Gasteiger partial charge on any atom is 0.186 e. The Balaban J connectivity index is 1.32. The first-order valence-corrected chi connectivity index (χ1v) is 14.3. The van der Waals surface area contributed by atoms with Gasteiger partial charge < -0.3 is 98.4 Å². The third-order valence-corrected chi connectivity index (χ3v) is 7.38. The van der Waals surface area contributed by atoms with Crippen LogP contribution in [0.2, 0.25) is 0 Å². The maximum absolute atomic E-state index is 10.7. The molecule has 3 aliphatic rings. The van der Waals surface area contributed by atoms with Crippen molar-refractivity contribution in [2.45, 2.75) is 92.1 Å². The molecule has 0 saturated carbocycles. The van der Waals surface area contributed by atoms with Gasteiger partial charge in [0.25, 0.3) is 0 Å². The lowest BCUT2D eigenvalue weighted by Crippen LogP contribution is -2.60. The minimum Gasteiger partial charge on any atom is -0.394 e. The molecule has 0 amide bonds. The van der Waals surface area contributed by atoms with E-state index in [0.29, 0.717) is 0 Å². The zero-order chi connectivity index (χ0) is 33.1. The van der Waals surface area contributed by atoms with Crippen molar-refractivity contribution in [3.8, 4) is 0 Å². The molecule has 0 aromatic carbocycles. The summed E-state index contributed by atoms with van der Waals surface area (Å²) in [6.07, 6.45) is -20.3. The molecule has 10 N–H and O–H groups in total. The molecule has 0 aromatic heterocycles. The Morgan fingerprint density at radius 2 is 0.956 bits per heavy atom. The van der Waals surface area contributed by atoms with E-state index in [1.807, 2.05) is 0 Å². The van der Waals surface area contributed by atoms with Crippen molar-refractivity contribution in [2.75, 3.05) is 66.9 Å². The highest BCUT2D eigenvalue weighted by Gasteiger charge is 2.47. The zero-order valence-electron chi connectivity index (χ0n) is 24.6. The lowest BCUT2D eigenvalue weighted by molar-refractivity contribution is -0.316. The Hall–Kier alpha value is -0.800. The number of ether oxygens (including phenoxy) is 10. The van der Waals surface area contributed by atoms with E-state index in [0.717, 1.165) is 0 Å². The summed E-state index contributed by atoms with van der Waals surface area (Å²) in [6.45, 7) is -2.44. The van der Waals surface area contributed by atoms with E-state index in [2.05, 4.69) is 0 Å². The summed E-state index contributed by atoms with van der Waals surface area (Å²) in [5.74, 6) is 0. The maximum atomic E-state index is 10.7. The van der Waals surface area contributed by atoms with Crippen LogP contribution in [-0.2, 0) is 47.4 Å². The molecule has 0 unspecified atom stereocenters. The van der Waals surface area contributed by atoms with Crippen LogP contribution in [0.1, 0.15) is 0 Å². The molecule has 45 heavy (non-hydrogen) atoms. The second kappa shape index (κ2) is 19.3. The second-order valence-electron chi connectivity index (χ2n) is 10.5. The minimum absolute atomic E-state index is 0.0360. The Kier molecular flexibility index (Phi) is 16.5. The van der Waals surface area contributed by atoms with Gasteiger partial charge in [0.15, 0.2) is 18.9 Å². The molecule has 15 atom stereocenters. The van der Waals surface area contributed by atoms with Crippen molar-refractivity contribution in [1.29, 1.82) is 0 Å². The number of rotatable bonds is 18. The fraction of sp³-hybridized carbons (Fsp3) is 1.00. The molecule has 0 aromatic rings. The summed E-state index contributed by atoms with van der Waals surface area (Å²) in [4.78, 5) is 0. The van der Waals surface area contributed by atoms with E-state index in [1.54, 1.807) is 0 Å². The Bertz CT molecular complexity index is 809. The first-order chi connectivity index (χ1) is 21.5. The smallest absolute Gasteiger partial charge is 0.186 e. The average molecular weight is 667 g/mol. The average Bonchev–Trinajstić information content (AvgIpc) is 3.04. The van der Waals surface area contributed by atoms with Crippen LogP contribution < -0.4 is 0 Å². The van der Waals surface area contributed by atoms with Gasteiger partial charge in [0.1, 0.15) is 86.8 Å². The summed E-state index contributed by atoms with van der Waals surface area (Å²) in [6, 6.07) is 0. The number of hydrogen-bond acceptors (Lipinski definition) is 20. The van der Waals surface area contributed by atoms with Crippen molar-refractivity contribution in [1.82, 2.24) is 0 Å². The highest BCUT2D eigenvalue weighted by molar-refractivity contribution is 4.91. The second-order valence-corrected chi connectivity index (χ2v) is 10.5. The van der Waals surface area contributed by atoms with Gasteiger partial charge in [-0.2, -0.15) is 0 Å². The first kappa shape index (κ1) is 38.6. The molecule has 0 spiro atoms. The lowest BCUT2D eigenvalue weighted by Gasteiger charge is -2.41. The molecule has 0 radical (unpaired) electrons. The van der Waals surface area contributed by atoms with Crippen molar-refractivity contribution in [3.63, 3.8) is 0 Å². The van der Waals surface area contributed by atoms with E-state index >= 15 is 0 Å². The van der Waals surface area contributed by atoms with Crippen molar-refractivity contribution in [3.05, 3.63) is 0 Å². The Morgan fingerprint density at radius 3 is 1.44 bits per heavy atom. The molecule has 0 bridgehead atoms. The molecule has 20 heteroatoms. The number of aliphatic hydroxyl groups excluding tert-OH is 10. The van der Waals surface area contributed by atoms with Gasteiger partial charge in [0, 0.05) is 7.11 Å². The van der Waals surface area contributed by atoms with Gasteiger partial charge in [-0.15, -0.1) is 0 Å². The topological polar surface area (TPSA) is 295 Å². The minimum atomic E-state index is -1.59. The summed E-state index contributed by atoms with van der Waals surface area (Å²) in [7, 11) is 1.28. The third-order valence-electron chi connectivity index (χ3n) is 7.38. The Labute approximate surface area is 258 Å². The van der Waals surface area contributed by atoms with Crippen molar-refractivity contribution >= 4 is 0 Å². The van der Waals surface area contributed by atoms with Crippen LogP contribution in [0.15, 0.2) is 0 Å². The molecule has 3 aliphatic heterocycles. The first-order valence-electron chi connectivity index (χ1n) is 14.3. The van der Waals surface area contributed by atoms with Crippen LogP contribution in [0, 0.1) is 0 Å². The van der Waals surface area contributed by atoms with Gasteiger partial charge in [-0.05, 0) is 0 Å². The molecule has 3 fully saturated rings. The fourth-order valence-electron chi connectivity index (χ4n) is 4.76. The van der Waals surface area contributed by atoms with Crippen LogP contribution in [0.3, 0.4) is 0 Å². The van der Waals surface area contributed by atoms with Gasteiger partial charge in [-0.25, -0.2) is 0 Å². The molecule has 266 valence electrons. The van der Waals surface area contributed by atoms with Gasteiger partial charge >= 0.3 is 0 Å². The molecular formula is C25H46O20. The summed E-state index contributed by atoms with van der Waals surface area (Å²) in [5.41, 5.74) is 0. The zero-order valence-corrected chi connectivity index (χ0v) is 24.6. The number of aliphatic hydroxyl groups is 10. The van der Waals surface area contributed by atoms with Gasteiger partial charge in [0.05, 0.1) is 46.2 Å². The van der Waals surface area contributed by atoms with E-state index in [-0.39, 0.29) is 39.8 Å². The highest BCUT2D eigenvalue weighted by atomic mass is 16.7. The monoisotopic (exact) mass is 666 g/mol. The number of methoxy groups -OCH3 is 1. The predicted octanol–water partition coefficient (Wildman–Crippen LogP) is -6.94. The predicted molar refractivity (Wildman–Crippen MR) is 140 cm³/mol. The van der Waals surface area contributed by atoms with Crippen LogP contribution in [0.25, 0.3) is 0 Å². The van der Waals surface area contributed by atoms with Crippen molar-refractivity contribution in [2.24, 2.45) is 0 Å². The fourth-order valence-corrected chi connectivity index (χ4v) is 4.76. The molecule has 0 aliphatic carbocycles. The normalized spacial score (nSPS) is 42.6. The molecular weight excluding hydrogens is 620 g/mol. The van der Waals surface area contributed by atoms with Crippen LogP contribution in [0.5, 0.6) is 0 Å². The van der Waals surface area contributed by atoms with Crippen LogP contribution in [0.4, 0.5) is 0 Å². The highest BCUT2D eigenvalue weighted by Crippen LogP contribution is 2.25. The quantitative estimate of drug-likeness (QED) is 0.0480. The molecule has 20 nitrogen and oxygen atoms in total. The standard InChI is InChI=1S/C25H46O20/c1-36-23-21(35)22(42-10-38-3-5-41-25-20(34)18(32)15(29)12(7-27)44-25)16(30)13(45-23)8-39-9-37-2-4-40-24-19(33)17(31)14(28)11(6-26)43-24/h11-35H,2-10H2,1H3/t11-,12-,13-,14-,15-,16-,17+,18+,19+,20+,21+,22+,23+,24+,25+/m1/s1. The van der Waals surface area contributed by atoms with E-state index < -0.39 is 112 Å². The van der Waals surface area contributed by atoms with Crippen molar-refractivity contribution < 1.29 is 98.4 Å². The van der Waals surface area contributed by atoms with Crippen LogP contribution >= 0.6 is 0 Å². The Morgan fingerprint density at radius 1 is 0.467 bits per heavy atom. The SMILES string of the molecule is CO[C@H]1O[C@H](COCOCCO[C@H]2O[C@H](CO)[C@@H](O)[C@H](O)[C@@H]2O)[C@@H](O)[C@H](OCOCCO[C@H]2O[C@H](CO)[C@@H](O)[C@H](O)[C@@H]2O)[C@@H]1O. The lowest BCUT2D eigenvalue weighted by atomic mass is 9.99. The summed E-state index contributed by atoms with van der Waals surface area (Å²) >= 11 is 0. The molecule has 3 saturated heterocycles. The molecule has 3 rings (SSSR count). The van der Waals surface area contributed by atoms with E-state index in [4.69, 9.17) is 47.4 Å². The summed E-state index contributed by atoms with van der Waals surface area (Å²) in [5, 5.41) is 98.8. The van der Waals surface area contributed by atoms with E-state index in [1.165, 1.54) is 7.11 Å². The van der Waals surface area contributed by atoms with E-state index in [9.17, 15) is 51.1 Å². The van der Waals surface area contributed by atoms with Gasteiger partial charge in [-0.3, -0.25) is 0 Å². The molecule has 3 heterocycles. The van der Waals surface area contributed by atoms with Crippen LogP contribution in [-0.4, -0.2) is 210 Å². The van der Waals surface area contributed by atoms with Gasteiger partial charge in [0.2, 0.25) is 0 Å². The third kappa shape index (κ3) is 10.3. The number of hydrogen-bond donors (Lipinski definition) is 10. The summed E-state index contributed by atoms with van der Waals surface area (Å²) < 4.78 is 53.2.